The molecule has 3 nitrogen and oxygen atoms in total. The molecule has 1 N–H and O–H groups in total. The highest BCUT2D eigenvalue weighted by Crippen LogP contribution is 2.24. The van der Waals surface area contributed by atoms with Crippen LogP contribution in [0.25, 0.3) is 0 Å². The summed E-state index contributed by atoms with van der Waals surface area (Å²) in [5, 5.41) is 0. The molecule has 1 atom stereocenters. The second kappa shape index (κ2) is 3.50. The fourth-order valence-electron chi connectivity index (χ4n) is 2.07. The van der Waals surface area contributed by atoms with Crippen molar-refractivity contribution in [2.75, 3.05) is 20.1 Å². The van der Waals surface area contributed by atoms with Gasteiger partial charge >= 0.3 is 0 Å². The third kappa shape index (κ3) is 1.91. The number of nitrogens with one attached hydrogen (secondary N) is 1. The zero-order valence-corrected chi connectivity index (χ0v) is 8.38. The standard InChI is InChI=1S/C10H17N3/c1-8-11-6-10(12-8)9-4-3-5-13(2)7-9/h6,9H,3-5,7H2,1-2H3,(H,11,12). The number of imidazole rings is 1. The lowest BCUT2D eigenvalue weighted by atomic mass is 9.96. The van der Waals surface area contributed by atoms with Crippen LogP contribution in [0.2, 0.25) is 0 Å². The minimum atomic E-state index is 0.667. The quantitative estimate of drug-likeness (QED) is 0.709. The molecule has 1 aliphatic heterocycles. The van der Waals surface area contributed by atoms with Gasteiger partial charge in [-0.25, -0.2) is 4.98 Å². The summed E-state index contributed by atoms with van der Waals surface area (Å²) in [5.74, 6) is 1.70. The van der Waals surface area contributed by atoms with E-state index in [0.717, 1.165) is 5.82 Å². The van der Waals surface area contributed by atoms with E-state index < -0.39 is 0 Å². The fraction of sp³-hybridized carbons (Fsp3) is 0.700. The summed E-state index contributed by atoms with van der Waals surface area (Å²) in [7, 11) is 2.19. The first-order valence-electron chi connectivity index (χ1n) is 4.96. The molecule has 72 valence electrons. The van der Waals surface area contributed by atoms with Crippen LogP contribution in [0.15, 0.2) is 6.20 Å². The Morgan fingerprint density at radius 2 is 2.46 bits per heavy atom. The molecule has 2 heterocycles. The van der Waals surface area contributed by atoms with Crippen molar-refractivity contribution in [3.05, 3.63) is 17.7 Å². The minimum absolute atomic E-state index is 0.667. The average Bonchev–Trinajstić information content (AvgIpc) is 2.52. The van der Waals surface area contributed by atoms with E-state index in [-0.39, 0.29) is 0 Å². The first kappa shape index (κ1) is 8.75. The number of hydrogen-bond acceptors (Lipinski definition) is 2. The molecule has 1 saturated heterocycles. The Morgan fingerprint density at radius 1 is 1.62 bits per heavy atom. The highest BCUT2D eigenvalue weighted by Gasteiger charge is 2.19. The van der Waals surface area contributed by atoms with Gasteiger partial charge in [-0.1, -0.05) is 0 Å². The minimum Gasteiger partial charge on any atom is -0.346 e. The van der Waals surface area contributed by atoms with Crippen molar-refractivity contribution in [1.29, 1.82) is 0 Å². The second-order valence-corrected chi connectivity index (χ2v) is 4.03. The van der Waals surface area contributed by atoms with Crippen molar-refractivity contribution in [2.24, 2.45) is 0 Å². The Hall–Kier alpha value is -0.830. The summed E-state index contributed by atoms with van der Waals surface area (Å²) in [6.07, 6.45) is 4.59. The van der Waals surface area contributed by atoms with Crippen LogP contribution in [-0.2, 0) is 0 Å². The molecule has 0 saturated carbocycles. The molecule has 0 aliphatic carbocycles. The monoisotopic (exact) mass is 179 g/mol. The molecule has 0 aromatic carbocycles. The van der Waals surface area contributed by atoms with Gasteiger partial charge in [0.15, 0.2) is 0 Å². The fourth-order valence-corrected chi connectivity index (χ4v) is 2.07. The van der Waals surface area contributed by atoms with Crippen LogP contribution in [0, 0.1) is 6.92 Å². The van der Waals surface area contributed by atoms with Gasteiger partial charge in [-0.3, -0.25) is 0 Å². The number of hydrogen-bond donors (Lipinski definition) is 1. The van der Waals surface area contributed by atoms with Gasteiger partial charge < -0.3 is 9.88 Å². The number of aryl methyl sites for hydroxylation is 1. The van der Waals surface area contributed by atoms with Crippen LogP contribution in [0.1, 0.15) is 30.3 Å². The van der Waals surface area contributed by atoms with Crippen LogP contribution in [-0.4, -0.2) is 35.0 Å². The van der Waals surface area contributed by atoms with Crippen LogP contribution in [0.4, 0.5) is 0 Å². The summed E-state index contributed by atoms with van der Waals surface area (Å²) in [5.41, 5.74) is 1.31. The molecule has 0 spiro atoms. The maximum Gasteiger partial charge on any atom is 0.103 e. The van der Waals surface area contributed by atoms with E-state index in [0.29, 0.717) is 5.92 Å². The largest absolute Gasteiger partial charge is 0.346 e. The van der Waals surface area contributed by atoms with Crippen LogP contribution >= 0.6 is 0 Å². The summed E-state index contributed by atoms with van der Waals surface area (Å²) in [6.45, 7) is 4.42. The summed E-state index contributed by atoms with van der Waals surface area (Å²) >= 11 is 0. The SMILES string of the molecule is Cc1ncc(C2CCCN(C)C2)[nH]1. The highest BCUT2D eigenvalue weighted by molar-refractivity contribution is 5.08. The predicted molar refractivity (Wildman–Crippen MR) is 52.8 cm³/mol. The molecule has 0 radical (unpaired) electrons. The lowest BCUT2D eigenvalue weighted by molar-refractivity contribution is 0.248. The first-order valence-corrected chi connectivity index (χ1v) is 4.96. The molecular formula is C10H17N3. The van der Waals surface area contributed by atoms with E-state index in [1.54, 1.807) is 0 Å². The maximum absolute atomic E-state index is 4.24. The van der Waals surface area contributed by atoms with E-state index in [1.807, 2.05) is 13.1 Å². The zero-order chi connectivity index (χ0) is 9.26. The van der Waals surface area contributed by atoms with Crippen LogP contribution < -0.4 is 0 Å². The molecule has 3 heteroatoms. The summed E-state index contributed by atoms with van der Waals surface area (Å²) in [6, 6.07) is 0. The third-order valence-corrected chi connectivity index (χ3v) is 2.79. The van der Waals surface area contributed by atoms with Gasteiger partial charge in [-0.2, -0.15) is 0 Å². The van der Waals surface area contributed by atoms with Gasteiger partial charge in [0, 0.05) is 24.4 Å². The molecule has 0 bridgehead atoms. The number of aromatic amines is 1. The van der Waals surface area contributed by atoms with Gasteiger partial charge in [0.1, 0.15) is 5.82 Å². The van der Waals surface area contributed by atoms with Crippen molar-refractivity contribution >= 4 is 0 Å². The van der Waals surface area contributed by atoms with Crippen molar-refractivity contribution < 1.29 is 0 Å². The number of nitrogens with zero attached hydrogens (tertiary/aromatic N) is 2. The lowest BCUT2D eigenvalue weighted by Gasteiger charge is -2.28. The number of aromatic nitrogens is 2. The first-order chi connectivity index (χ1) is 6.25. The number of rotatable bonds is 1. The highest BCUT2D eigenvalue weighted by atomic mass is 15.1. The van der Waals surface area contributed by atoms with E-state index >= 15 is 0 Å². The van der Waals surface area contributed by atoms with Gasteiger partial charge in [0.25, 0.3) is 0 Å². The summed E-state index contributed by atoms with van der Waals surface area (Å²) in [4.78, 5) is 9.96. The Morgan fingerprint density at radius 3 is 3.08 bits per heavy atom. The van der Waals surface area contributed by atoms with Gasteiger partial charge in [-0.05, 0) is 33.4 Å². The normalized spacial score (nSPS) is 24.9. The van der Waals surface area contributed by atoms with Crippen molar-refractivity contribution in [2.45, 2.75) is 25.7 Å². The van der Waals surface area contributed by atoms with Gasteiger partial charge in [0.05, 0.1) is 0 Å². The number of H-pyrrole nitrogens is 1. The van der Waals surface area contributed by atoms with Crippen molar-refractivity contribution in [3.8, 4) is 0 Å². The molecule has 1 unspecified atom stereocenters. The number of piperidine rings is 1. The molecule has 1 aromatic heterocycles. The number of likely N-dealkylation sites (tertiary alicyclic amines) is 1. The zero-order valence-electron chi connectivity index (χ0n) is 8.38. The molecule has 1 aliphatic rings. The van der Waals surface area contributed by atoms with Crippen LogP contribution in [0.5, 0.6) is 0 Å². The second-order valence-electron chi connectivity index (χ2n) is 4.03. The Labute approximate surface area is 79.2 Å². The molecule has 0 amide bonds. The summed E-state index contributed by atoms with van der Waals surface area (Å²) < 4.78 is 0. The van der Waals surface area contributed by atoms with Crippen LogP contribution in [0.3, 0.4) is 0 Å². The van der Waals surface area contributed by atoms with Crippen molar-refractivity contribution in [1.82, 2.24) is 14.9 Å². The van der Waals surface area contributed by atoms with E-state index in [4.69, 9.17) is 0 Å². The topological polar surface area (TPSA) is 31.9 Å². The number of likely N-dealkylation sites (N-methyl/N-ethyl adjacent to an activating group) is 1. The third-order valence-electron chi connectivity index (χ3n) is 2.79. The Kier molecular flexibility index (Phi) is 2.36. The van der Waals surface area contributed by atoms with Crippen molar-refractivity contribution in [3.63, 3.8) is 0 Å². The molecule has 2 rings (SSSR count). The average molecular weight is 179 g/mol. The van der Waals surface area contributed by atoms with Gasteiger partial charge in [0.2, 0.25) is 0 Å². The molecule has 13 heavy (non-hydrogen) atoms. The molecular weight excluding hydrogens is 162 g/mol. The Balaban J connectivity index is 2.08. The van der Waals surface area contributed by atoms with E-state index in [2.05, 4.69) is 21.9 Å². The Bertz CT molecular complexity index is 279. The van der Waals surface area contributed by atoms with E-state index in [1.165, 1.54) is 31.6 Å². The smallest absolute Gasteiger partial charge is 0.103 e. The van der Waals surface area contributed by atoms with E-state index in [9.17, 15) is 0 Å². The molecule has 1 fully saturated rings. The maximum atomic E-state index is 4.24. The van der Waals surface area contributed by atoms with Gasteiger partial charge in [-0.15, -0.1) is 0 Å². The lowest BCUT2D eigenvalue weighted by Crippen LogP contribution is -2.30. The predicted octanol–water partition coefficient (Wildman–Crippen LogP) is 1.53. The molecule has 1 aromatic rings.